The van der Waals surface area contributed by atoms with E-state index in [4.69, 9.17) is 18.9 Å². The number of aliphatic hydroxyl groups is 1. The fourth-order valence-corrected chi connectivity index (χ4v) is 5.81. The Morgan fingerprint density at radius 3 is 2.57 bits per heavy atom. The third kappa shape index (κ3) is 4.27. The van der Waals surface area contributed by atoms with Crippen molar-refractivity contribution in [1.29, 1.82) is 0 Å². The van der Waals surface area contributed by atoms with E-state index >= 15 is 0 Å². The number of ether oxygens (including phenoxy) is 4. The number of carboxylic acids is 1. The molecule has 0 radical (unpaired) electrons. The highest BCUT2D eigenvalue weighted by molar-refractivity contribution is 5.80. The van der Waals surface area contributed by atoms with Gasteiger partial charge in [-0.3, -0.25) is 4.79 Å². The molecule has 3 aromatic carbocycles. The van der Waals surface area contributed by atoms with Crippen molar-refractivity contribution in [3.63, 3.8) is 0 Å². The number of carbonyl (C=O) groups is 1. The number of benzene rings is 3. The maximum absolute atomic E-state index is 13.0. The molecule has 0 aromatic heterocycles. The average Bonchev–Trinajstić information content (AvgIpc) is 3.53. The molecule has 1 aliphatic carbocycles. The predicted molar refractivity (Wildman–Crippen MR) is 138 cm³/mol. The summed E-state index contributed by atoms with van der Waals surface area (Å²) in [5, 5.41) is 20.3. The van der Waals surface area contributed by atoms with Crippen LogP contribution in [0, 0.1) is 5.92 Å². The highest BCUT2D eigenvalue weighted by Gasteiger charge is 2.54. The first-order chi connectivity index (χ1) is 18.0. The lowest BCUT2D eigenvalue weighted by atomic mass is 9.63. The molecular formula is C30H32O7. The zero-order valence-corrected chi connectivity index (χ0v) is 21.2. The second-order valence-corrected chi connectivity index (χ2v) is 9.49. The summed E-state index contributed by atoms with van der Waals surface area (Å²) in [5.74, 6) is 1.01. The molecule has 1 aliphatic heterocycles. The first-order valence-corrected chi connectivity index (χ1v) is 12.7. The molecule has 3 aromatic rings. The summed E-state index contributed by atoms with van der Waals surface area (Å²) in [6, 6.07) is 17.4. The Hall–Kier alpha value is -3.71. The van der Waals surface area contributed by atoms with Crippen LogP contribution < -0.4 is 18.9 Å². The number of aliphatic carboxylic acids is 1. The minimum absolute atomic E-state index is 0.0325. The number of aryl methyl sites for hydroxylation is 1. The molecule has 7 nitrogen and oxygen atoms in total. The van der Waals surface area contributed by atoms with E-state index in [1.54, 1.807) is 7.11 Å². The molecule has 0 fully saturated rings. The molecule has 5 rings (SSSR count). The van der Waals surface area contributed by atoms with E-state index < -0.39 is 17.3 Å². The smallest absolute Gasteiger partial charge is 0.308 e. The molecule has 2 unspecified atom stereocenters. The van der Waals surface area contributed by atoms with Crippen LogP contribution in [0.25, 0.3) is 0 Å². The lowest BCUT2D eigenvalue weighted by Gasteiger charge is -2.38. The zero-order chi connectivity index (χ0) is 26.0. The van der Waals surface area contributed by atoms with Crippen LogP contribution in [-0.4, -0.2) is 43.3 Å². The van der Waals surface area contributed by atoms with Crippen LogP contribution in [0.15, 0.2) is 54.6 Å². The molecule has 1 heterocycles. The summed E-state index contributed by atoms with van der Waals surface area (Å²) in [5.41, 5.74) is 3.52. The van der Waals surface area contributed by atoms with E-state index in [1.165, 1.54) is 0 Å². The van der Waals surface area contributed by atoms with Gasteiger partial charge in [0.05, 0.1) is 25.0 Å². The van der Waals surface area contributed by atoms with Crippen molar-refractivity contribution in [2.75, 3.05) is 27.1 Å². The molecule has 2 atom stereocenters. The van der Waals surface area contributed by atoms with Crippen LogP contribution in [0.1, 0.15) is 47.6 Å². The van der Waals surface area contributed by atoms with E-state index in [-0.39, 0.29) is 13.4 Å². The average molecular weight is 505 g/mol. The van der Waals surface area contributed by atoms with E-state index in [0.29, 0.717) is 43.1 Å². The van der Waals surface area contributed by atoms with Gasteiger partial charge in [0.25, 0.3) is 0 Å². The highest BCUT2D eigenvalue weighted by Crippen LogP contribution is 2.55. The number of methoxy groups -OCH3 is 1. The largest absolute Gasteiger partial charge is 0.497 e. The molecule has 0 saturated heterocycles. The number of hydrogen-bond acceptors (Lipinski definition) is 6. The van der Waals surface area contributed by atoms with Crippen molar-refractivity contribution < 1.29 is 34.0 Å². The topological polar surface area (TPSA) is 94.5 Å². The molecule has 37 heavy (non-hydrogen) atoms. The second kappa shape index (κ2) is 10.3. The standard InChI is InChI=1S/C30H32O7/c1-3-13-35-23-8-10-25-20(15-23)16-26(29(32)33)30(25,21-6-11-27-28(17-21)37-18-36-27)24-9-7-22(34-2)14-19(24)5-4-12-31/h6-11,14-15,17,26,31H,3-5,12-13,16,18H2,1-2H3,(H,32,33). The van der Waals surface area contributed by atoms with Gasteiger partial charge in [-0.25, -0.2) is 0 Å². The van der Waals surface area contributed by atoms with Gasteiger partial charge in [-0.1, -0.05) is 25.1 Å². The van der Waals surface area contributed by atoms with Crippen LogP contribution in [-0.2, 0) is 23.1 Å². The van der Waals surface area contributed by atoms with Crippen LogP contribution in [0.2, 0.25) is 0 Å². The molecule has 0 spiro atoms. The summed E-state index contributed by atoms with van der Waals surface area (Å²) in [7, 11) is 1.61. The highest BCUT2D eigenvalue weighted by atomic mass is 16.7. The van der Waals surface area contributed by atoms with Gasteiger partial charge < -0.3 is 29.2 Å². The molecule has 0 amide bonds. The van der Waals surface area contributed by atoms with Gasteiger partial charge in [0, 0.05) is 6.61 Å². The Balaban J connectivity index is 1.80. The van der Waals surface area contributed by atoms with E-state index in [1.807, 2.05) is 54.6 Å². The van der Waals surface area contributed by atoms with Gasteiger partial charge in [-0.15, -0.1) is 0 Å². The zero-order valence-electron chi connectivity index (χ0n) is 21.2. The maximum Gasteiger partial charge on any atom is 0.308 e. The first-order valence-electron chi connectivity index (χ1n) is 12.7. The molecule has 0 bridgehead atoms. The SMILES string of the molecule is CCCOc1ccc2c(c1)CC(C(=O)O)C2(c1ccc2c(c1)OCO2)c1ccc(OC)cc1CCCO. The minimum Gasteiger partial charge on any atom is -0.497 e. The summed E-state index contributed by atoms with van der Waals surface area (Å²) < 4.78 is 22.7. The fraction of sp³-hybridized carbons (Fsp3) is 0.367. The summed E-state index contributed by atoms with van der Waals surface area (Å²) in [6.07, 6.45) is 2.37. The minimum atomic E-state index is -0.998. The van der Waals surface area contributed by atoms with Gasteiger partial charge in [-0.05, 0) is 89.9 Å². The fourth-order valence-electron chi connectivity index (χ4n) is 5.81. The Kier molecular flexibility index (Phi) is 6.98. The summed E-state index contributed by atoms with van der Waals surface area (Å²) in [6.45, 7) is 2.81. The lowest BCUT2D eigenvalue weighted by Crippen LogP contribution is -2.40. The van der Waals surface area contributed by atoms with Crippen molar-refractivity contribution in [3.05, 3.63) is 82.4 Å². The Morgan fingerprint density at radius 2 is 1.81 bits per heavy atom. The van der Waals surface area contributed by atoms with Crippen LogP contribution in [0.3, 0.4) is 0 Å². The van der Waals surface area contributed by atoms with E-state index in [0.717, 1.165) is 40.0 Å². The Labute approximate surface area is 216 Å². The lowest BCUT2D eigenvalue weighted by molar-refractivity contribution is -0.142. The van der Waals surface area contributed by atoms with Crippen molar-refractivity contribution in [3.8, 4) is 23.0 Å². The van der Waals surface area contributed by atoms with Crippen molar-refractivity contribution in [2.45, 2.75) is 38.0 Å². The predicted octanol–water partition coefficient (Wildman–Crippen LogP) is 4.73. The van der Waals surface area contributed by atoms with Crippen molar-refractivity contribution in [2.24, 2.45) is 5.92 Å². The second-order valence-electron chi connectivity index (χ2n) is 9.49. The molecule has 2 N–H and O–H groups in total. The van der Waals surface area contributed by atoms with Crippen LogP contribution >= 0.6 is 0 Å². The number of fused-ring (bicyclic) bond motifs is 2. The molecule has 7 heteroatoms. The van der Waals surface area contributed by atoms with Gasteiger partial charge in [0.2, 0.25) is 6.79 Å². The van der Waals surface area contributed by atoms with Gasteiger partial charge in [0.15, 0.2) is 11.5 Å². The monoisotopic (exact) mass is 504 g/mol. The van der Waals surface area contributed by atoms with E-state index in [9.17, 15) is 15.0 Å². The number of rotatable bonds is 10. The number of carboxylic acid groups (broad SMARTS) is 1. The molecular weight excluding hydrogens is 472 g/mol. The van der Waals surface area contributed by atoms with Gasteiger partial charge >= 0.3 is 5.97 Å². The number of aliphatic hydroxyl groups excluding tert-OH is 1. The maximum atomic E-state index is 13.0. The van der Waals surface area contributed by atoms with Crippen molar-refractivity contribution in [1.82, 2.24) is 0 Å². The summed E-state index contributed by atoms with van der Waals surface area (Å²) in [4.78, 5) is 13.0. The first kappa shape index (κ1) is 25.0. The van der Waals surface area contributed by atoms with Gasteiger partial charge in [0.1, 0.15) is 11.5 Å². The Bertz CT molecular complexity index is 1300. The third-order valence-electron chi connectivity index (χ3n) is 7.39. The van der Waals surface area contributed by atoms with E-state index in [2.05, 4.69) is 6.92 Å². The molecule has 194 valence electrons. The van der Waals surface area contributed by atoms with Gasteiger partial charge in [-0.2, -0.15) is 0 Å². The van der Waals surface area contributed by atoms with Crippen LogP contribution in [0.4, 0.5) is 0 Å². The van der Waals surface area contributed by atoms with Crippen molar-refractivity contribution >= 4 is 5.97 Å². The third-order valence-corrected chi connectivity index (χ3v) is 7.39. The molecule has 0 saturated carbocycles. The molecule has 2 aliphatic rings. The normalized spacial score (nSPS) is 19.5. The quantitative estimate of drug-likeness (QED) is 0.412. The summed E-state index contributed by atoms with van der Waals surface area (Å²) >= 11 is 0. The Morgan fingerprint density at radius 1 is 1.03 bits per heavy atom. The number of hydrogen-bond donors (Lipinski definition) is 2. The van der Waals surface area contributed by atoms with Crippen LogP contribution in [0.5, 0.6) is 23.0 Å².